The Hall–Kier alpha value is -3.98. The first kappa shape index (κ1) is 20.3. The number of fused-ring (bicyclic) bond motifs is 1. The Morgan fingerprint density at radius 2 is 2.03 bits per heavy atom. The van der Waals surface area contributed by atoms with Crippen LogP contribution in [0.25, 0.3) is 33.7 Å². The van der Waals surface area contributed by atoms with Gasteiger partial charge in [0, 0.05) is 0 Å². The fourth-order valence-corrected chi connectivity index (χ4v) is 3.36. The highest BCUT2D eigenvalue weighted by Crippen LogP contribution is 2.33. The maximum Gasteiger partial charge on any atom is 0.320 e. The van der Waals surface area contributed by atoms with Crippen LogP contribution in [0.4, 0.5) is 0 Å². The first-order chi connectivity index (χ1) is 15.0. The molecule has 0 aliphatic heterocycles. The van der Waals surface area contributed by atoms with Crippen LogP contribution in [0.15, 0.2) is 53.6 Å². The molecule has 2 heterocycles. The van der Waals surface area contributed by atoms with Gasteiger partial charge in [-0.3, -0.25) is 9.59 Å². The Labute approximate surface area is 176 Å². The van der Waals surface area contributed by atoms with Gasteiger partial charge >= 0.3 is 5.97 Å². The van der Waals surface area contributed by atoms with Crippen molar-refractivity contribution >= 4 is 17.1 Å². The van der Waals surface area contributed by atoms with Crippen molar-refractivity contribution in [3.8, 4) is 28.3 Å². The second kappa shape index (κ2) is 8.41. The fourth-order valence-electron chi connectivity index (χ4n) is 3.36. The third-order valence-electron chi connectivity index (χ3n) is 4.87. The number of carboxylic acid groups (broad SMARTS) is 1. The van der Waals surface area contributed by atoms with Crippen LogP contribution in [-0.4, -0.2) is 43.7 Å². The van der Waals surface area contributed by atoms with Crippen LogP contribution in [0.3, 0.4) is 0 Å². The molecular weight excluding hydrogens is 398 g/mol. The highest BCUT2D eigenvalue weighted by atomic mass is 16.5. The fraction of sp³-hybridized carbons (Fsp3) is 0.182. The number of nitrogens with two attached hydrogens (primary N) is 1. The summed E-state index contributed by atoms with van der Waals surface area (Å²) in [4.78, 5) is 37.4. The highest BCUT2D eigenvalue weighted by Gasteiger charge is 2.15. The van der Waals surface area contributed by atoms with Crippen LogP contribution < -0.4 is 16.0 Å². The Bertz CT molecular complexity index is 1310. The molecule has 0 unspecified atom stereocenters. The summed E-state index contributed by atoms with van der Waals surface area (Å²) >= 11 is 0. The van der Waals surface area contributed by atoms with E-state index in [0.717, 1.165) is 16.7 Å². The maximum absolute atomic E-state index is 12.3. The van der Waals surface area contributed by atoms with Crippen LogP contribution in [0.5, 0.6) is 5.75 Å². The second-order valence-electron chi connectivity index (χ2n) is 7.01. The van der Waals surface area contributed by atoms with E-state index in [1.54, 1.807) is 0 Å². The average Bonchev–Trinajstić information content (AvgIpc) is 3.23. The number of carboxylic acids is 1. The minimum Gasteiger partial charge on any atom is -0.493 e. The summed E-state index contributed by atoms with van der Waals surface area (Å²) in [6, 6.07) is 12.2. The first-order valence-corrected chi connectivity index (χ1v) is 9.74. The van der Waals surface area contributed by atoms with E-state index in [1.807, 2.05) is 49.4 Å². The Morgan fingerprint density at radius 3 is 2.81 bits per heavy atom. The van der Waals surface area contributed by atoms with E-state index >= 15 is 0 Å². The molecule has 31 heavy (non-hydrogen) atoms. The van der Waals surface area contributed by atoms with Crippen LogP contribution in [-0.2, 0) is 11.2 Å². The summed E-state index contributed by atoms with van der Waals surface area (Å²) in [7, 11) is 0. The molecule has 4 rings (SSSR count). The molecule has 2 aromatic carbocycles. The standard InChI is InChI=1S/C22H21N5O4/c1-2-31-17-10-14(13-5-3-4-12(8-13)9-16(23)22(29)30)6-7-15(17)19-26-20-18(21(28)27-19)24-11-25-20/h3-8,10-11,16H,2,9,23H2,1H3,(H,29,30)(H2,24,25,26,27,28)/t16-/m0/s1. The monoisotopic (exact) mass is 419 g/mol. The molecule has 4 aromatic rings. The number of nitrogens with zero attached hydrogens (tertiary/aromatic N) is 2. The van der Waals surface area contributed by atoms with Gasteiger partial charge in [0.2, 0.25) is 0 Å². The second-order valence-corrected chi connectivity index (χ2v) is 7.01. The SMILES string of the molecule is CCOc1cc(-c2cccc(C[C@H](N)C(=O)O)c2)ccc1-c1nc2nc[nH]c2c(=O)[nH]1. The van der Waals surface area contributed by atoms with Crippen molar-refractivity contribution in [2.75, 3.05) is 6.61 Å². The molecule has 1 atom stereocenters. The number of ether oxygens (including phenoxy) is 1. The van der Waals surface area contributed by atoms with Crippen LogP contribution >= 0.6 is 0 Å². The molecule has 0 spiro atoms. The van der Waals surface area contributed by atoms with Gasteiger partial charge in [0.15, 0.2) is 11.2 Å². The highest BCUT2D eigenvalue weighted by molar-refractivity contribution is 5.77. The van der Waals surface area contributed by atoms with E-state index in [2.05, 4.69) is 19.9 Å². The lowest BCUT2D eigenvalue weighted by molar-refractivity contribution is -0.138. The quantitative estimate of drug-likeness (QED) is 0.359. The van der Waals surface area contributed by atoms with Gasteiger partial charge in [0.25, 0.3) is 5.56 Å². The van der Waals surface area contributed by atoms with E-state index < -0.39 is 12.0 Å². The topological polar surface area (TPSA) is 147 Å². The van der Waals surface area contributed by atoms with Crippen molar-refractivity contribution in [1.29, 1.82) is 0 Å². The number of aliphatic carboxylic acids is 1. The van der Waals surface area contributed by atoms with Gasteiger partial charge in [0.05, 0.1) is 18.5 Å². The summed E-state index contributed by atoms with van der Waals surface area (Å²) in [6.45, 7) is 2.30. The van der Waals surface area contributed by atoms with Gasteiger partial charge in [-0.1, -0.05) is 30.3 Å². The Kier molecular flexibility index (Phi) is 5.50. The number of aromatic nitrogens is 4. The van der Waals surface area contributed by atoms with Gasteiger partial charge < -0.3 is 25.5 Å². The van der Waals surface area contributed by atoms with Crippen LogP contribution in [0.1, 0.15) is 12.5 Å². The van der Waals surface area contributed by atoms with Crippen LogP contribution in [0.2, 0.25) is 0 Å². The average molecular weight is 419 g/mol. The Balaban J connectivity index is 1.74. The largest absolute Gasteiger partial charge is 0.493 e. The van der Waals surface area contributed by atoms with Crippen molar-refractivity contribution < 1.29 is 14.6 Å². The van der Waals surface area contributed by atoms with Crippen molar-refractivity contribution in [3.05, 3.63) is 64.7 Å². The minimum atomic E-state index is -1.04. The number of nitrogens with one attached hydrogen (secondary N) is 2. The molecule has 0 saturated carbocycles. The smallest absolute Gasteiger partial charge is 0.320 e. The summed E-state index contributed by atoms with van der Waals surface area (Å²) in [5.74, 6) is -0.116. The van der Waals surface area contributed by atoms with E-state index in [4.69, 9.17) is 15.6 Å². The van der Waals surface area contributed by atoms with E-state index in [-0.39, 0.29) is 12.0 Å². The number of aromatic amines is 2. The molecule has 0 fully saturated rings. The molecule has 0 amide bonds. The van der Waals surface area contributed by atoms with Crippen molar-refractivity contribution in [2.45, 2.75) is 19.4 Å². The number of rotatable bonds is 7. The van der Waals surface area contributed by atoms with Gasteiger partial charge in [-0.05, 0) is 42.2 Å². The number of imidazole rings is 1. The van der Waals surface area contributed by atoms with Gasteiger partial charge in [0.1, 0.15) is 17.6 Å². The van der Waals surface area contributed by atoms with Crippen molar-refractivity contribution in [1.82, 2.24) is 19.9 Å². The van der Waals surface area contributed by atoms with E-state index in [0.29, 0.717) is 34.9 Å². The summed E-state index contributed by atoms with van der Waals surface area (Å²) in [5, 5.41) is 9.06. The molecule has 9 heteroatoms. The summed E-state index contributed by atoms with van der Waals surface area (Å²) in [5.41, 5.74) is 9.22. The molecule has 158 valence electrons. The van der Waals surface area contributed by atoms with Gasteiger partial charge in [-0.15, -0.1) is 0 Å². The third-order valence-corrected chi connectivity index (χ3v) is 4.87. The predicted octanol–water partition coefficient (Wildman–Crippen LogP) is 2.33. The number of benzene rings is 2. The lowest BCUT2D eigenvalue weighted by Gasteiger charge is -2.13. The predicted molar refractivity (Wildman–Crippen MR) is 116 cm³/mol. The molecule has 2 aromatic heterocycles. The maximum atomic E-state index is 12.3. The number of hydrogen-bond acceptors (Lipinski definition) is 6. The lowest BCUT2D eigenvalue weighted by atomic mass is 9.98. The van der Waals surface area contributed by atoms with Crippen molar-refractivity contribution in [3.63, 3.8) is 0 Å². The molecule has 0 saturated heterocycles. The van der Waals surface area contributed by atoms with E-state index in [9.17, 15) is 9.59 Å². The molecule has 5 N–H and O–H groups in total. The zero-order chi connectivity index (χ0) is 22.0. The zero-order valence-corrected chi connectivity index (χ0v) is 16.8. The van der Waals surface area contributed by atoms with E-state index in [1.165, 1.54) is 6.33 Å². The van der Waals surface area contributed by atoms with Gasteiger partial charge in [-0.2, -0.15) is 0 Å². The Morgan fingerprint density at radius 1 is 1.23 bits per heavy atom. The number of carbonyl (C=O) groups is 1. The molecule has 0 bridgehead atoms. The number of H-pyrrole nitrogens is 2. The molecule has 0 aliphatic carbocycles. The molecular formula is C22H21N5O4. The van der Waals surface area contributed by atoms with Crippen molar-refractivity contribution in [2.24, 2.45) is 5.73 Å². The minimum absolute atomic E-state index is 0.231. The third kappa shape index (κ3) is 4.17. The normalized spacial score (nSPS) is 12.1. The summed E-state index contributed by atoms with van der Waals surface area (Å²) in [6.07, 6.45) is 1.65. The molecule has 0 aliphatic rings. The first-order valence-electron chi connectivity index (χ1n) is 9.74. The lowest BCUT2D eigenvalue weighted by Crippen LogP contribution is -2.32. The number of hydrogen-bond donors (Lipinski definition) is 4. The van der Waals surface area contributed by atoms with Gasteiger partial charge in [-0.25, -0.2) is 9.97 Å². The van der Waals surface area contributed by atoms with Crippen LogP contribution in [0, 0.1) is 0 Å². The molecule has 9 nitrogen and oxygen atoms in total. The zero-order valence-electron chi connectivity index (χ0n) is 16.8. The molecule has 0 radical (unpaired) electrons. The summed E-state index contributed by atoms with van der Waals surface area (Å²) < 4.78 is 5.83.